The van der Waals surface area contributed by atoms with E-state index in [9.17, 15) is 4.79 Å². The van der Waals surface area contributed by atoms with Crippen molar-refractivity contribution in [3.05, 3.63) is 34.2 Å². The van der Waals surface area contributed by atoms with E-state index in [0.717, 1.165) is 42.3 Å². The first-order chi connectivity index (χ1) is 13.0. The van der Waals surface area contributed by atoms with E-state index < -0.39 is 0 Å². The molecule has 0 amide bonds. The molecule has 1 saturated heterocycles. The van der Waals surface area contributed by atoms with E-state index in [0.29, 0.717) is 24.1 Å². The van der Waals surface area contributed by atoms with E-state index >= 15 is 0 Å². The number of methoxy groups -OCH3 is 2. The van der Waals surface area contributed by atoms with Crippen molar-refractivity contribution in [2.24, 2.45) is 11.8 Å². The molecule has 2 atom stereocenters. The van der Waals surface area contributed by atoms with Gasteiger partial charge in [0.25, 0.3) is 0 Å². The largest absolute Gasteiger partial charge is 0.493 e. The summed E-state index contributed by atoms with van der Waals surface area (Å²) < 4.78 is 12.7. The van der Waals surface area contributed by atoms with Gasteiger partial charge in [-0.3, -0.25) is 4.57 Å². The van der Waals surface area contributed by atoms with Crippen LogP contribution in [0.2, 0.25) is 0 Å². The first kappa shape index (κ1) is 17.9. The monoisotopic (exact) mass is 369 g/mol. The number of hydrogen-bond acceptors (Lipinski definition) is 5. The summed E-state index contributed by atoms with van der Waals surface area (Å²) in [4.78, 5) is 19.4. The maximum absolute atomic E-state index is 12.7. The molecule has 1 aromatic carbocycles. The molecule has 6 heteroatoms. The van der Waals surface area contributed by atoms with Crippen LogP contribution in [-0.2, 0) is 13.0 Å². The van der Waals surface area contributed by atoms with Crippen molar-refractivity contribution in [1.29, 1.82) is 0 Å². The fourth-order valence-electron chi connectivity index (χ4n) is 4.54. The standard InChI is InChI=1S/C21H27N3O3/c1-13-7-14(2)12-23(11-13)20-10-17-16-9-19(27-4)18(26-3)8-15(16)5-6-24(17)21(25)22-20/h8-10,13-14H,5-7,11-12H2,1-4H3/t13-,14+. The van der Waals surface area contributed by atoms with Gasteiger partial charge in [0, 0.05) is 31.3 Å². The molecule has 2 aliphatic heterocycles. The van der Waals surface area contributed by atoms with Gasteiger partial charge in [-0.1, -0.05) is 13.8 Å². The van der Waals surface area contributed by atoms with E-state index in [1.807, 2.05) is 12.1 Å². The van der Waals surface area contributed by atoms with Crippen LogP contribution in [0.1, 0.15) is 25.8 Å². The molecule has 1 aromatic heterocycles. The molecule has 2 aliphatic rings. The molecule has 3 heterocycles. The van der Waals surface area contributed by atoms with E-state index in [2.05, 4.69) is 29.8 Å². The minimum atomic E-state index is -0.172. The second kappa shape index (κ2) is 6.91. The van der Waals surface area contributed by atoms with Crippen molar-refractivity contribution in [1.82, 2.24) is 9.55 Å². The maximum Gasteiger partial charge on any atom is 0.350 e. The van der Waals surface area contributed by atoms with Crippen LogP contribution < -0.4 is 20.1 Å². The molecule has 0 spiro atoms. The number of nitrogens with zero attached hydrogens (tertiary/aromatic N) is 3. The van der Waals surface area contributed by atoms with Crippen LogP contribution >= 0.6 is 0 Å². The van der Waals surface area contributed by atoms with Gasteiger partial charge >= 0.3 is 5.69 Å². The third kappa shape index (κ3) is 3.17. The molecule has 2 aromatic rings. The Morgan fingerprint density at radius 2 is 1.70 bits per heavy atom. The lowest BCUT2D eigenvalue weighted by atomic mass is 9.91. The summed E-state index contributed by atoms with van der Waals surface area (Å²) in [5, 5.41) is 0. The fourth-order valence-corrected chi connectivity index (χ4v) is 4.54. The molecule has 0 bridgehead atoms. The van der Waals surface area contributed by atoms with Crippen LogP contribution in [0.25, 0.3) is 11.3 Å². The molecule has 1 fully saturated rings. The highest BCUT2D eigenvalue weighted by atomic mass is 16.5. The molecule has 6 nitrogen and oxygen atoms in total. The van der Waals surface area contributed by atoms with E-state index in [4.69, 9.17) is 9.47 Å². The van der Waals surface area contributed by atoms with Crippen molar-refractivity contribution < 1.29 is 9.47 Å². The average molecular weight is 369 g/mol. The molecule has 144 valence electrons. The van der Waals surface area contributed by atoms with Crippen LogP contribution in [0.5, 0.6) is 11.5 Å². The van der Waals surface area contributed by atoms with E-state index in [1.165, 1.54) is 12.0 Å². The highest BCUT2D eigenvalue weighted by molar-refractivity contribution is 5.72. The summed E-state index contributed by atoms with van der Waals surface area (Å²) in [6.07, 6.45) is 2.00. The Morgan fingerprint density at radius 3 is 2.37 bits per heavy atom. The highest BCUT2D eigenvalue weighted by Gasteiger charge is 2.26. The van der Waals surface area contributed by atoms with Gasteiger partial charge < -0.3 is 14.4 Å². The number of hydrogen-bond donors (Lipinski definition) is 0. The summed E-state index contributed by atoms with van der Waals surface area (Å²) in [6, 6.07) is 6.06. The number of fused-ring (bicyclic) bond motifs is 3. The summed E-state index contributed by atoms with van der Waals surface area (Å²) in [6.45, 7) is 7.05. The van der Waals surface area contributed by atoms with Gasteiger partial charge in [0.2, 0.25) is 0 Å². The van der Waals surface area contributed by atoms with Gasteiger partial charge in [-0.05, 0) is 42.4 Å². The SMILES string of the molecule is COc1cc2c(cc1OC)-c1cc(N3C[C@H](C)C[C@H](C)C3)nc(=O)n1CC2. The van der Waals surface area contributed by atoms with E-state index in [-0.39, 0.29) is 5.69 Å². The molecule has 0 aliphatic carbocycles. The smallest absolute Gasteiger partial charge is 0.350 e. The summed E-state index contributed by atoms with van der Waals surface area (Å²) in [5.74, 6) is 3.39. The number of aryl methyl sites for hydroxylation is 1. The number of benzene rings is 1. The summed E-state index contributed by atoms with van der Waals surface area (Å²) in [5.41, 5.74) is 2.94. The van der Waals surface area contributed by atoms with Crippen molar-refractivity contribution in [3.63, 3.8) is 0 Å². The lowest BCUT2D eigenvalue weighted by Gasteiger charge is -2.36. The highest BCUT2D eigenvalue weighted by Crippen LogP contribution is 2.38. The van der Waals surface area contributed by atoms with Crippen molar-refractivity contribution in [3.8, 4) is 22.8 Å². The number of aromatic nitrogens is 2. The second-order valence-electron chi connectivity index (χ2n) is 7.90. The van der Waals surface area contributed by atoms with Gasteiger partial charge in [-0.2, -0.15) is 4.98 Å². The average Bonchev–Trinajstić information content (AvgIpc) is 2.65. The Kier molecular flexibility index (Phi) is 4.58. The Hall–Kier alpha value is -2.50. The third-order valence-electron chi connectivity index (χ3n) is 5.68. The maximum atomic E-state index is 12.7. The van der Waals surface area contributed by atoms with Crippen LogP contribution in [-0.4, -0.2) is 36.9 Å². The molecular formula is C21H27N3O3. The number of piperidine rings is 1. The lowest BCUT2D eigenvalue weighted by Crippen LogP contribution is -2.41. The lowest BCUT2D eigenvalue weighted by molar-refractivity contribution is 0.354. The predicted molar refractivity (Wildman–Crippen MR) is 106 cm³/mol. The fraction of sp³-hybridized carbons (Fsp3) is 0.524. The van der Waals surface area contributed by atoms with Gasteiger partial charge in [0.05, 0.1) is 19.9 Å². The Balaban J connectivity index is 1.82. The second-order valence-corrected chi connectivity index (χ2v) is 7.90. The van der Waals surface area contributed by atoms with Gasteiger partial charge in [-0.25, -0.2) is 4.79 Å². The molecular weight excluding hydrogens is 342 g/mol. The van der Waals surface area contributed by atoms with Gasteiger partial charge in [0.1, 0.15) is 5.82 Å². The molecule has 0 radical (unpaired) electrons. The summed E-state index contributed by atoms with van der Waals surface area (Å²) >= 11 is 0. The topological polar surface area (TPSA) is 56.6 Å². The van der Waals surface area contributed by atoms with Crippen LogP contribution in [0, 0.1) is 11.8 Å². The Morgan fingerprint density at radius 1 is 1.04 bits per heavy atom. The Labute approximate surface area is 159 Å². The number of anilines is 1. The molecule has 0 unspecified atom stereocenters. The minimum Gasteiger partial charge on any atom is -0.493 e. The van der Waals surface area contributed by atoms with Gasteiger partial charge in [-0.15, -0.1) is 0 Å². The zero-order valence-electron chi connectivity index (χ0n) is 16.5. The van der Waals surface area contributed by atoms with Gasteiger partial charge in [0.15, 0.2) is 11.5 Å². The number of rotatable bonds is 3. The van der Waals surface area contributed by atoms with Crippen LogP contribution in [0.4, 0.5) is 5.82 Å². The van der Waals surface area contributed by atoms with Crippen molar-refractivity contribution in [2.75, 3.05) is 32.2 Å². The molecule has 4 rings (SSSR count). The molecule has 27 heavy (non-hydrogen) atoms. The quantitative estimate of drug-likeness (QED) is 0.833. The first-order valence-corrected chi connectivity index (χ1v) is 9.62. The molecule has 0 N–H and O–H groups in total. The Bertz CT molecular complexity index is 912. The van der Waals surface area contributed by atoms with Crippen molar-refractivity contribution in [2.45, 2.75) is 33.2 Å². The van der Waals surface area contributed by atoms with Crippen molar-refractivity contribution >= 4 is 5.82 Å². The third-order valence-corrected chi connectivity index (χ3v) is 5.68. The van der Waals surface area contributed by atoms with Crippen LogP contribution in [0.3, 0.4) is 0 Å². The zero-order valence-corrected chi connectivity index (χ0v) is 16.5. The zero-order chi connectivity index (χ0) is 19.1. The predicted octanol–water partition coefficient (Wildman–Crippen LogP) is 2.97. The van der Waals surface area contributed by atoms with E-state index in [1.54, 1.807) is 18.8 Å². The first-order valence-electron chi connectivity index (χ1n) is 9.62. The van der Waals surface area contributed by atoms with Crippen LogP contribution in [0.15, 0.2) is 23.0 Å². The molecule has 0 saturated carbocycles. The number of ether oxygens (including phenoxy) is 2. The normalized spacial score (nSPS) is 21.4. The summed E-state index contributed by atoms with van der Waals surface area (Å²) in [7, 11) is 3.28. The minimum absolute atomic E-state index is 0.172.